The molecule has 0 spiro atoms. The fourth-order valence-corrected chi connectivity index (χ4v) is 2.81. The van der Waals surface area contributed by atoms with E-state index in [1.165, 1.54) is 0 Å². The van der Waals surface area contributed by atoms with Crippen LogP contribution in [0.2, 0.25) is 0 Å². The van der Waals surface area contributed by atoms with Crippen molar-refractivity contribution < 1.29 is 19.0 Å². The SMILES string of the molecule is CC1(C)O[C@@H]1C[C@@]1(C)O[C@@H]1COC(=O)N1CCCC1. The van der Waals surface area contributed by atoms with Crippen molar-refractivity contribution in [1.29, 1.82) is 0 Å². The van der Waals surface area contributed by atoms with Gasteiger partial charge in [-0.1, -0.05) is 0 Å². The second kappa shape index (κ2) is 4.35. The van der Waals surface area contributed by atoms with E-state index in [1.807, 2.05) is 0 Å². The number of hydrogen-bond donors (Lipinski definition) is 0. The zero-order valence-corrected chi connectivity index (χ0v) is 12.0. The third kappa shape index (κ3) is 2.72. The Bertz CT molecular complexity index is 378. The maximum absolute atomic E-state index is 11.7. The van der Waals surface area contributed by atoms with Gasteiger partial charge in [0.1, 0.15) is 12.7 Å². The lowest BCUT2D eigenvalue weighted by molar-refractivity contribution is 0.103. The van der Waals surface area contributed by atoms with Gasteiger partial charge in [-0.15, -0.1) is 0 Å². The van der Waals surface area contributed by atoms with Crippen LogP contribution in [0.5, 0.6) is 0 Å². The smallest absolute Gasteiger partial charge is 0.409 e. The van der Waals surface area contributed by atoms with E-state index in [-0.39, 0.29) is 29.5 Å². The highest BCUT2D eigenvalue weighted by molar-refractivity contribution is 5.67. The Labute approximate surface area is 114 Å². The maximum Gasteiger partial charge on any atom is 0.409 e. The summed E-state index contributed by atoms with van der Waals surface area (Å²) in [6.07, 6.45) is 3.15. The highest BCUT2D eigenvalue weighted by Crippen LogP contribution is 2.48. The van der Waals surface area contributed by atoms with E-state index >= 15 is 0 Å². The summed E-state index contributed by atoms with van der Waals surface area (Å²) in [5, 5.41) is 0. The van der Waals surface area contributed by atoms with Gasteiger partial charge in [0, 0.05) is 19.5 Å². The molecule has 3 fully saturated rings. The first-order valence-corrected chi connectivity index (χ1v) is 7.18. The van der Waals surface area contributed by atoms with Gasteiger partial charge in [-0.2, -0.15) is 0 Å². The lowest BCUT2D eigenvalue weighted by atomic mass is 9.97. The second-order valence-corrected chi connectivity index (χ2v) is 6.60. The lowest BCUT2D eigenvalue weighted by Gasteiger charge is -2.14. The van der Waals surface area contributed by atoms with E-state index in [4.69, 9.17) is 14.2 Å². The minimum absolute atomic E-state index is 0.00820. The summed E-state index contributed by atoms with van der Waals surface area (Å²) in [5.41, 5.74) is -0.185. The Hall–Kier alpha value is -0.810. The van der Waals surface area contributed by atoms with Gasteiger partial charge < -0.3 is 19.1 Å². The van der Waals surface area contributed by atoms with E-state index in [0.29, 0.717) is 6.61 Å². The molecule has 1 amide bonds. The Morgan fingerprint density at radius 2 is 1.84 bits per heavy atom. The predicted octanol–water partition coefficient (Wildman–Crippen LogP) is 1.94. The molecular weight excluding hydrogens is 246 g/mol. The molecule has 0 aromatic rings. The third-order valence-electron chi connectivity index (χ3n) is 4.51. The van der Waals surface area contributed by atoms with Gasteiger partial charge in [0.2, 0.25) is 0 Å². The lowest BCUT2D eigenvalue weighted by Crippen LogP contribution is -2.30. The summed E-state index contributed by atoms with van der Waals surface area (Å²) in [5.74, 6) is 0. The molecule has 0 aromatic carbocycles. The second-order valence-electron chi connectivity index (χ2n) is 6.60. The average molecular weight is 269 g/mol. The van der Waals surface area contributed by atoms with Crippen LogP contribution in [-0.2, 0) is 14.2 Å². The Morgan fingerprint density at radius 3 is 2.42 bits per heavy atom. The molecule has 0 saturated carbocycles. The predicted molar refractivity (Wildman–Crippen MR) is 69.0 cm³/mol. The first-order valence-electron chi connectivity index (χ1n) is 7.18. The molecule has 3 rings (SSSR count). The Morgan fingerprint density at radius 1 is 1.21 bits per heavy atom. The number of nitrogens with zero attached hydrogens (tertiary/aromatic N) is 1. The molecule has 3 saturated heterocycles. The molecule has 3 aliphatic rings. The zero-order valence-electron chi connectivity index (χ0n) is 12.0. The van der Waals surface area contributed by atoms with Crippen LogP contribution in [0.4, 0.5) is 4.79 Å². The van der Waals surface area contributed by atoms with Crippen LogP contribution in [-0.4, -0.2) is 54.1 Å². The molecule has 3 atom stereocenters. The summed E-state index contributed by atoms with van der Waals surface area (Å²) in [6.45, 7) is 8.26. The first kappa shape index (κ1) is 13.2. The first-order chi connectivity index (χ1) is 8.91. The van der Waals surface area contributed by atoms with Gasteiger partial charge >= 0.3 is 6.09 Å². The number of epoxide rings is 2. The van der Waals surface area contributed by atoms with Gasteiger partial charge in [0.25, 0.3) is 0 Å². The highest BCUT2D eigenvalue weighted by atomic mass is 16.7. The molecule has 0 radical (unpaired) electrons. The van der Waals surface area contributed by atoms with Crippen molar-refractivity contribution in [2.45, 2.75) is 63.4 Å². The van der Waals surface area contributed by atoms with Crippen LogP contribution in [0.25, 0.3) is 0 Å². The molecule has 108 valence electrons. The minimum atomic E-state index is -0.196. The monoisotopic (exact) mass is 269 g/mol. The van der Waals surface area contributed by atoms with Crippen molar-refractivity contribution in [3.8, 4) is 0 Å². The minimum Gasteiger partial charge on any atom is -0.447 e. The molecule has 0 unspecified atom stereocenters. The number of rotatable bonds is 4. The fraction of sp³-hybridized carbons (Fsp3) is 0.929. The summed E-state index contributed by atoms with van der Waals surface area (Å²) in [4.78, 5) is 13.5. The number of likely N-dealkylation sites (tertiary alicyclic amines) is 1. The molecule has 5 heteroatoms. The zero-order chi connectivity index (χ0) is 13.7. The summed E-state index contributed by atoms with van der Waals surface area (Å²) in [6, 6.07) is 0. The number of ether oxygens (including phenoxy) is 3. The molecule has 5 nitrogen and oxygen atoms in total. The van der Waals surface area contributed by atoms with Crippen LogP contribution >= 0.6 is 0 Å². The van der Waals surface area contributed by atoms with Crippen LogP contribution in [0.1, 0.15) is 40.0 Å². The normalized spacial score (nSPS) is 39.2. The van der Waals surface area contributed by atoms with Gasteiger partial charge in [-0.05, 0) is 33.6 Å². The van der Waals surface area contributed by atoms with Gasteiger partial charge in [0.15, 0.2) is 0 Å². The molecule has 0 aliphatic carbocycles. The van der Waals surface area contributed by atoms with E-state index in [2.05, 4.69) is 20.8 Å². The Balaban J connectivity index is 1.39. The van der Waals surface area contributed by atoms with Gasteiger partial charge in [-0.3, -0.25) is 0 Å². The molecule has 3 aliphatic heterocycles. The number of carbonyl (C=O) groups excluding carboxylic acids is 1. The van der Waals surface area contributed by atoms with Gasteiger partial charge in [0.05, 0.1) is 17.3 Å². The largest absolute Gasteiger partial charge is 0.447 e. The maximum atomic E-state index is 11.7. The number of amides is 1. The quantitative estimate of drug-likeness (QED) is 0.732. The van der Waals surface area contributed by atoms with Crippen molar-refractivity contribution in [3.05, 3.63) is 0 Å². The van der Waals surface area contributed by atoms with Crippen LogP contribution in [0, 0.1) is 0 Å². The standard InChI is InChI=1S/C14H23NO4/c1-13(2)10(18-13)8-14(3)11(19-14)9-17-12(16)15-6-4-5-7-15/h10-11H,4-9H2,1-3H3/t10-,11-,14-/m1/s1. The van der Waals surface area contributed by atoms with E-state index in [1.54, 1.807) is 4.90 Å². The van der Waals surface area contributed by atoms with E-state index in [9.17, 15) is 4.79 Å². The molecule has 19 heavy (non-hydrogen) atoms. The molecular formula is C14H23NO4. The molecule has 0 N–H and O–H groups in total. The summed E-state index contributed by atoms with van der Waals surface area (Å²) >= 11 is 0. The fourth-order valence-electron chi connectivity index (χ4n) is 2.81. The van der Waals surface area contributed by atoms with Crippen molar-refractivity contribution >= 4 is 6.09 Å². The van der Waals surface area contributed by atoms with Crippen LogP contribution in [0.15, 0.2) is 0 Å². The van der Waals surface area contributed by atoms with Gasteiger partial charge in [-0.25, -0.2) is 4.79 Å². The van der Waals surface area contributed by atoms with Crippen molar-refractivity contribution in [1.82, 2.24) is 4.90 Å². The molecule has 0 bridgehead atoms. The summed E-state index contributed by atoms with van der Waals surface area (Å²) in [7, 11) is 0. The van der Waals surface area contributed by atoms with Crippen LogP contribution < -0.4 is 0 Å². The van der Waals surface area contributed by atoms with Crippen LogP contribution in [0.3, 0.4) is 0 Å². The average Bonchev–Trinajstić information content (AvgIpc) is 3.04. The number of carbonyl (C=O) groups is 1. The topological polar surface area (TPSA) is 54.6 Å². The van der Waals surface area contributed by atoms with Crippen molar-refractivity contribution in [2.75, 3.05) is 19.7 Å². The van der Waals surface area contributed by atoms with E-state index < -0.39 is 0 Å². The molecule has 3 heterocycles. The van der Waals surface area contributed by atoms with E-state index in [0.717, 1.165) is 32.4 Å². The summed E-state index contributed by atoms with van der Waals surface area (Å²) < 4.78 is 16.6. The molecule has 0 aromatic heterocycles. The number of hydrogen-bond acceptors (Lipinski definition) is 4. The Kier molecular flexibility index (Phi) is 3.02. The third-order valence-corrected chi connectivity index (χ3v) is 4.51. The van der Waals surface area contributed by atoms with Crippen molar-refractivity contribution in [2.24, 2.45) is 0 Å². The highest BCUT2D eigenvalue weighted by Gasteiger charge is 2.60. The van der Waals surface area contributed by atoms with Crippen molar-refractivity contribution in [3.63, 3.8) is 0 Å².